The summed E-state index contributed by atoms with van der Waals surface area (Å²) in [5.41, 5.74) is 0.703. The van der Waals surface area contributed by atoms with E-state index in [1.807, 2.05) is 0 Å². The summed E-state index contributed by atoms with van der Waals surface area (Å²) in [6, 6.07) is 6.33. The zero-order valence-electron chi connectivity index (χ0n) is 12.9. The molecule has 0 bridgehead atoms. The van der Waals surface area contributed by atoms with E-state index in [9.17, 15) is 10.1 Å². The van der Waals surface area contributed by atoms with E-state index in [1.54, 1.807) is 12.1 Å². The standard InChI is InChI=1S/C18H21NO3/c1-2-3-4-5-6-7-8-9-10-17-14-15-13-16(19(20)21)11-12-18(15)22-17/h11-14H,2-8H2,1H3. The monoisotopic (exact) mass is 299 g/mol. The zero-order valence-corrected chi connectivity index (χ0v) is 12.9. The molecule has 1 heterocycles. The molecule has 0 saturated carbocycles. The number of non-ortho nitro benzene ring substituents is 1. The number of nitro groups is 1. The van der Waals surface area contributed by atoms with Gasteiger partial charge in [-0.1, -0.05) is 44.9 Å². The Morgan fingerprint density at radius 1 is 1.14 bits per heavy atom. The Labute approximate surface area is 130 Å². The lowest BCUT2D eigenvalue weighted by Crippen LogP contribution is -1.85. The molecular weight excluding hydrogens is 278 g/mol. The molecule has 0 spiro atoms. The first kappa shape index (κ1) is 16.1. The Morgan fingerprint density at radius 3 is 2.68 bits per heavy atom. The number of nitro benzene ring substituents is 1. The maximum absolute atomic E-state index is 10.7. The van der Waals surface area contributed by atoms with Gasteiger partial charge in [-0.15, -0.1) is 0 Å². The molecule has 0 saturated heterocycles. The molecule has 0 N–H and O–H groups in total. The first-order chi connectivity index (χ1) is 10.7. The van der Waals surface area contributed by atoms with Crippen LogP contribution in [0.2, 0.25) is 0 Å². The van der Waals surface area contributed by atoms with Crippen LogP contribution in [0, 0.1) is 22.0 Å². The van der Waals surface area contributed by atoms with Crippen molar-refractivity contribution < 1.29 is 9.34 Å². The Hall–Kier alpha value is -2.28. The third-order valence-corrected chi connectivity index (χ3v) is 3.58. The van der Waals surface area contributed by atoms with E-state index in [-0.39, 0.29) is 5.69 Å². The van der Waals surface area contributed by atoms with Crippen molar-refractivity contribution in [2.24, 2.45) is 0 Å². The molecular formula is C18H21NO3. The molecule has 4 nitrogen and oxygen atoms in total. The van der Waals surface area contributed by atoms with Crippen molar-refractivity contribution in [3.63, 3.8) is 0 Å². The highest BCUT2D eigenvalue weighted by Gasteiger charge is 2.09. The predicted octanol–water partition coefficient (Wildman–Crippen LogP) is 5.44. The Kier molecular flexibility index (Phi) is 6.02. The Morgan fingerprint density at radius 2 is 1.91 bits per heavy atom. The Bertz CT molecular complexity index is 691. The van der Waals surface area contributed by atoms with Crippen LogP contribution in [-0.4, -0.2) is 4.92 Å². The summed E-state index contributed by atoms with van der Waals surface area (Å²) < 4.78 is 5.57. The molecule has 4 heteroatoms. The van der Waals surface area contributed by atoms with E-state index in [2.05, 4.69) is 18.8 Å². The van der Waals surface area contributed by atoms with Crippen LogP contribution in [0.4, 0.5) is 5.69 Å². The van der Waals surface area contributed by atoms with Crippen LogP contribution in [0.25, 0.3) is 11.0 Å². The maximum Gasteiger partial charge on any atom is 0.270 e. The van der Waals surface area contributed by atoms with Gasteiger partial charge in [-0.2, -0.15) is 0 Å². The van der Waals surface area contributed by atoms with E-state index >= 15 is 0 Å². The summed E-state index contributed by atoms with van der Waals surface area (Å²) >= 11 is 0. The van der Waals surface area contributed by atoms with Gasteiger partial charge in [0, 0.05) is 30.0 Å². The number of rotatable bonds is 7. The molecule has 0 unspecified atom stereocenters. The molecule has 116 valence electrons. The number of nitrogens with zero attached hydrogens (tertiary/aromatic N) is 1. The molecule has 2 rings (SSSR count). The summed E-state index contributed by atoms with van der Waals surface area (Å²) in [7, 11) is 0. The SMILES string of the molecule is CCCCCCCCC#Cc1cc2cc([N+](=O)[O-])ccc2o1. The number of fused-ring (bicyclic) bond motifs is 1. The number of benzene rings is 1. The van der Waals surface area contributed by atoms with Crippen LogP contribution >= 0.6 is 0 Å². The van der Waals surface area contributed by atoms with E-state index < -0.39 is 4.92 Å². The van der Waals surface area contributed by atoms with Crippen molar-refractivity contribution in [1.82, 2.24) is 0 Å². The van der Waals surface area contributed by atoms with E-state index in [4.69, 9.17) is 4.42 Å². The fourth-order valence-electron chi connectivity index (χ4n) is 2.35. The van der Waals surface area contributed by atoms with E-state index in [0.717, 1.165) is 18.2 Å². The Balaban J connectivity index is 1.87. The van der Waals surface area contributed by atoms with Gasteiger partial charge < -0.3 is 4.42 Å². The summed E-state index contributed by atoms with van der Waals surface area (Å²) in [5.74, 6) is 6.68. The van der Waals surface area contributed by atoms with Crippen molar-refractivity contribution in [1.29, 1.82) is 0 Å². The highest BCUT2D eigenvalue weighted by Crippen LogP contribution is 2.23. The average molecular weight is 299 g/mol. The van der Waals surface area contributed by atoms with Crippen LogP contribution in [0.5, 0.6) is 0 Å². The normalized spacial score (nSPS) is 10.4. The summed E-state index contributed by atoms with van der Waals surface area (Å²) in [5, 5.41) is 11.5. The molecule has 0 fully saturated rings. The lowest BCUT2D eigenvalue weighted by atomic mass is 10.1. The predicted molar refractivity (Wildman–Crippen MR) is 87.7 cm³/mol. The molecule has 1 aromatic carbocycles. The van der Waals surface area contributed by atoms with Crippen LogP contribution in [0.3, 0.4) is 0 Å². The minimum absolute atomic E-state index is 0.0693. The molecule has 2 aromatic rings. The molecule has 0 atom stereocenters. The summed E-state index contributed by atoms with van der Waals surface area (Å²) in [4.78, 5) is 10.3. The minimum atomic E-state index is -0.406. The lowest BCUT2D eigenvalue weighted by Gasteiger charge is -1.96. The summed E-state index contributed by atoms with van der Waals surface area (Å²) in [6.45, 7) is 2.22. The van der Waals surface area contributed by atoms with Gasteiger partial charge >= 0.3 is 0 Å². The molecule has 0 aliphatic rings. The van der Waals surface area contributed by atoms with Crippen molar-refractivity contribution in [2.75, 3.05) is 0 Å². The van der Waals surface area contributed by atoms with Gasteiger partial charge in [0.2, 0.25) is 0 Å². The highest BCUT2D eigenvalue weighted by molar-refractivity contribution is 5.81. The fourth-order valence-corrected chi connectivity index (χ4v) is 2.35. The molecule has 22 heavy (non-hydrogen) atoms. The van der Waals surface area contributed by atoms with Crippen LogP contribution in [0.15, 0.2) is 28.7 Å². The second kappa shape index (κ2) is 8.23. The quantitative estimate of drug-likeness (QED) is 0.296. The zero-order chi connectivity index (χ0) is 15.8. The van der Waals surface area contributed by atoms with Crippen molar-refractivity contribution in [2.45, 2.75) is 51.9 Å². The number of furan rings is 1. The number of hydrogen-bond acceptors (Lipinski definition) is 3. The van der Waals surface area contributed by atoms with Crippen LogP contribution in [-0.2, 0) is 0 Å². The molecule has 0 aliphatic heterocycles. The molecule has 1 aromatic heterocycles. The molecule has 0 amide bonds. The molecule has 0 aliphatic carbocycles. The van der Waals surface area contributed by atoms with Gasteiger partial charge in [0.1, 0.15) is 5.58 Å². The first-order valence-electron chi connectivity index (χ1n) is 7.87. The van der Waals surface area contributed by atoms with Gasteiger partial charge in [-0.05, 0) is 18.4 Å². The smallest absolute Gasteiger partial charge is 0.270 e. The minimum Gasteiger partial charge on any atom is -0.448 e. The van der Waals surface area contributed by atoms with Gasteiger partial charge in [-0.25, -0.2) is 0 Å². The second-order valence-electron chi connectivity index (χ2n) is 5.41. The second-order valence-corrected chi connectivity index (χ2v) is 5.41. The van der Waals surface area contributed by atoms with Gasteiger partial charge in [0.05, 0.1) is 4.92 Å². The molecule has 0 radical (unpaired) electrons. The van der Waals surface area contributed by atoms with E-state index in [1.165, 1.54) is 44.2 Å². The average Bonchev–Trinajstić information content (AvgIpc) is 2.91. The highest BCUT2D eigenvalue weighted by atomic mass is 16.6. The van der Waals surface area contributed by atoms with Gasteiger partial charge in [0.15, 0.2) is 5.76 Å². The maximum atomic E-state index is 10.7. The van der Waals surface area contributed by atoms with Gasteiger partial charge in [0.25, 0.3) is 5.69 Å². The first-order valence-corrected chi connectivity index (χ1v) is 7.87. The number of unbranched alkanes of at least 4 members (excludes halogenated alkanes) is 6. The van der Waals surface area contributed by atoms with E-state index in [0.29, 0.717) is 11.3 Å². The van der Waals surface area contributed by atoms with Crippen LogP contribution < -0.4 is 0 Å². The third-order valence-electron chi connectivity index (χ3n) is 3.58. The van der Waals surface area contributed by atoms with Crippen molar-refractivity contribution >= 4 is 16.7 Å². The van der Waals surface area contributed by atoms with Crippen molar-refractivity contribution in [3.05, 3.63) is 40.1 Å². The third kappa shape index (κ3) is 4.63. The topological polar surface area (TPSA) is 56.3 Å². The fraction of sp³-hybridized carbons (Fsp3) is 0.444. The lowest BCUT2D eigenvalue weighted by molar-refractivity contribution is -0.384. The number of hydrogen-bond donors (Lipinski definition) is 0. The van der Waals surface area contributed by atoms with Crippen molar-refractivity contribution in [3.8, 4) is 11.8 Å². The largest absolute Gasteiger partial charge is 0.448 e. The van der Waals surface area contributed by atoms with Crippen LogP contribution in [0.1, 0.15) is 57.6 Å². The van der Waals surface area contributed by atoms with Gasteiger partial charge in [-0.3, -0.25) is 10.1 Å². The summed E-state index contributed by atoms with van der Waals surface area (Å²) in [6.07, 6.45) is 8.38.